The lowest BCUT2D eigenvalue weighted by Crippen LogP contribution is -2.12. The molecule has 0 radical (unpaired) electrons. The van der Waals surface area contributed by atoms with Gasteiger partial charge in [-0.3, -0.25) is 9.59 Å². The number of aromatic nitrogens is 1. The number of rotatable bonds is 4. The van der Waals surface area contributed by atoms with E-state index in [0.29, 0.717) is 38.0 Å². The second-order valence-corrected chi connectivity index (χ2v) is 7.25. The van der Waals surface area contributed by atoms with Crippen LogP contribution in [0.1, 0.15) is 15.2 Å². The quantitative estimate of drug-likeness (QED) is 0.476. The van der Waals surface area contributed by atoms with Crippen molar-refractivity contribution in [2.45, 2.75) is 6.92 Å². The van der Waals surface area contributed by atoms with E-state index in [1.165, 1.54) is 6.07 Å². The molecule has 0 atom stereocenters. The Labute approximate surface area is 164 Å². The molecule has 6 nitrogen and oxygen atoms in total. The van der Waals surface area contributed by atoms with E-state index in [2.05, 4.69) is 10.3 Å². The average Bonchev–Trinajstić information content (AvgIpc) is 3.01. The summed E-state index contributed by atoms with van der Waals surface area (Å²) in [5.74, 6) is 0.827. The van der Waals surface area contributed by atoms with Crippen LogP contribution in [0.25, 0.3) is 10.2 Å². The zero-order chi connectivity index (χ0) is 19.7. The van der Waals surface area contributed by atoms with Crippen molar-refractivity contribution in [2.75, 3.05) is 11.1 Å². The fraction of sp³-hybridized carbons (Fsp3) is 0.0476. The number of para-hydroxylation sites is 3. The molecule has 4 aromatic rings. The van der Waals surface area contributed by atoms with Gasteiger partial charge < -0.3 is 20.8 Å². The van der Waals surface area contributed by atoms with Crippen LogP contribution < -0.4 is 21.3 Å². The standard InChI is InChI=1S/C21H17N3O3S/c1-12-11-16(25)24-21-17(12)18(22)19(28-21)20(26)23-14-9-5-6-10-15(14)27-13-7-3-2-4-8-13/h2-11H,22H2,1H3,(H,23,26)(H,24,25). The summed E-state index contributed by atoms with van der Waals surface area (Å²) in [4.78, 5) is 28.2. The maximum Gasteiger partial charge on any atom is 0.268 e. The molecule has 4 N–H and O–H groups in total. The van der Waals surface area contributed by atoms with Crippen LogP contribution in [0, 0.1) is 6.92 Å². The molecular weight excluding hydrogens is 374 g/mol. The number of aryl methyl sites for hydroxylation is 1. The van der Waals surface area contributed by atoms with Crippen molar-refractivity contribution in [3.8, 4) is 11.5 Å². The maximum atomic E-state index is 12.9. The van der Waals surface area contributed by atoms with Gasteiger partial charge in [-0.25, -0.2) is 0 Å². The van der Waals surface area contributed by atoms with Gasteiger partial charge in [0.25, 0.3) is 5.91 Å². The number of hydrogen-bond donors (Lipinski definition) is 3. The van der Waals surface area contributed by atoms with Gasteiger partial charge >= 0.3 is 0 Å². The third-order valence-electron chi connectivity index (χ3n) is 4.24. The van der Waals surface area contributed by atoms with E-state index in [0.717, 1.165) is 16.9 Å². The number of pyridine rings is 1. The fourth-order valence-corrected chi connectivity index (χ4v) is 4.05. The first kappa shape index (κ1) is 17.8. The number of amides is 1. The number of fused-ring (bicyclic) bond motifs is 1. The average molecular weight is 391 g/mol. The highest BCUT2D eigenvalue weighted by molar-refractivity contribution is 7.21. The number of H-pyrrole nitrogens is 1. The molecule has 140 valence electrons. The summed E-state index contributed by atoms with van der Waals surface area (Å²) in [5.41, 5.74) is 7.60. The summed E-state index contributed by atoms with van der Waals surface area (Å²) in [5, 5.41) is 3.56. The molecule has 2 aromatic carbocycles. The van der Waals surface area contributed by atoms with Gasteiger partial charge in [0.2, 0.25) is 5.56 Å². The van der Waals surface area contributed by atoms with Gasteiger partial charge in [-0.2, -0.15) is 0 Å². The molecule has 4 rings (SSSR count). The number of nitrogens with one attached hydrogen (secondary N) is 2. The monoisotopic (exact) mass is 391 g/mol. The van der Waals surface area contributed by atoms with E-state index in [1.807, 2.05) is 42.5 Å². The predicted molar refractivity (Wildman–Crippen MR) is 113 cm³/mol. The van der Waals surface area contributed by atoms with Crippen molar-refractivity contribution in [3.63, 3.8) is 0 Å². The summed E-state index contributed by atoms with van der Waals surface area (Å²) in [7, 11) is 0. The number of nitrogen functional groups attached to an aromatic ring is 1. The molecule has 0 saturated heterocycles. The first-order chi connectivity index (χ1) is 13.5. The fourth-order valence-electron chi connectivity index (χ4n) is 2.96. The lowest BCUT2D eigenvalue weighted by molar-refractivity contribution is 0.103. The van der Waals surface area contributed by atoms with Crippen LogP contribution in [0.3, 0.4) is 0 Å². The number of hydrogen-bond acceptors (Lipinski definition) is 5. The first-order valence-electron chi connectivity index (χ1n) is 8.58. The topological polar surface area (TPSA) is 97.2 Å². The SMILES string of the molecule is Cc1cc(=O)[nH]c2sc(C(=O)Nc3ccccc3Oc3ccccc3)c(N)c12. The van der Waals surface area contributed by atoms with Crippen LogP contribution in [0.2, 0.25) is 0 Å². The van der Waals surface area contributed by atoms with Crippen molar-refractivity contribution >= 4 is 38.8 Å². The van der Waals surface area contributed by atoms with Gasteiger partial charge in [-0.15, -0.1) is 11.3 Å². The van der Waals surface area contributed by atoms with Crippen molar-refractivity contribution in [2.24, 2.45) is 0 Å². The molecule has 0 saturated carbocycles. The van der Waals surface area contributed by atoms with Crippen LogP contribution in [0.15, 0.2) is 65.5 Å². The molecule has 7 heteroatoms. The van der Waals surface area contributed by atoms with Crippen LogP contribution in [0.5, 0.6) is 11.5 Å². The Balaban J connectivity index is 1.66. The van der Waals surface area contributed by atoms with Gasteiger partial charge in [-0.1, -0.05) is 30.3 Å². The lowest BCUT2D eigenvalue weighted by Gasteiger charge is -2.12. The zero-order valence-corrected chi connectivity index (χ0v) is 15.8. The molecule has 2 heterocycles. The molecule has 0 spiro atoms. The summed E-state index contributed by atoms with van der Waals surface area (Å²) in [6.07, 6.45) is 0. The van der Waals surface area contributed by atoms with E-state index in [1.54, 1.807) is 19.1 Å². The van der Waals surface area contributed by atoms with Crippen LogP contribution in [-0.4, -0.2) is 10.9 Å². The Bertz CT molecular complexity index is 1230. The van der Waals surface area contributed by atoms with Gasteiger partial charge in [-0.05, 0) is 36.8 Å². The Kier molecular flexibility index (Phi) is 4.58. The molecule has 28 heavy (non-hydrogen) atoms. The molecule has 0 bridgehead atoms. The van der Waals surface area contributed by atoms with Crippen LogP contribution in [0.4, 0.5) is 11.4 Å². The van der Waals surface area contributed by atoms with Crippen molar-refractivity contribution < 1.29 is 9.53 Å². The highest BCUT2D eigenvalue weighted by Gasteiger charge is 2.19. The number of ether oxygens (including phenoxy) is 1. The van der Waals surface area contributed by atoms with Crippen LogP contribution in [-0.2, 0) is 0 Å². The number of thiophene rings is 1. The largest absolute Gasteiger partial charge is 0.455 e. The van der Waals surface area contributed by atoms with E-state index in [-0.39, 0.29) is 11.5 Å². The summed E-state index contributed by atoms with van der Waals surface area (Å²) >= 11 is 1.16. The van der Waals surface area contributed by atoms with Crippen molar-refractivity contribution in [3.05, 3.63) is 81.5 Å². The van der Waals surface area contributed by atoms with E-state index in [9.17, 15) is 9.59 Å². The molecular formula is C21H17N3O3S. The van der Waals surface area contributed by atoms with E-state index < -0.39 is 0 Å². The normalized spacial score (nSPS) is 10.8. The maximum absolute atomic E-state index is 12.9. The summed E-state index contributed by atoms with van der Waals surface area (Å²) in [6.45, 7) is 1.80. The predicted octanol–water partition coefficient (Wildman–Crippen LogP) is 4.52. The summed E-state index contributed by atoms with van der Waals surface area (Å²) in [6, 6.07) is 18.0. The Hall–Kier alpha value is -3.58. The zero-order valence-electron chi connectivity index (χ0n) is 15.0. The van der Waals surface area contributed by atoms with Gasteiger partial charge in [0.15, 0.2) is 5.75 Å². The second kappa shape index (κ2) is 7.21. The molecule has 0 fully saturated rings. The Morgan fingerprint density at radius 1 is 1.11 bits per heavy atom. The number of carbonyl (C=O) groups is 1. The number of aromatic amines is 1. The second-order valence-electron chi connectivity index (χ2n) is 6.23. The third-order valence-corrected chi connectivity index (χ3v) is 5.36. The van der Waals surface area contributed by atoms with E-state index in [4.69, 9.17) is 10.5 Å². The van der Waals surface area contributed by atoms with E-state index >= 15 is 0 Å². The molecule has 1 amide bonds. The molecule has 0 aliphatic heterocycles. The van der Waals surface area contributed by atoms with Crippen molar-refractivity contribution in [1.29, 1.82) is 0 Å². The van der Waals surface area contributed by atoms with Gasteiger partial charge in [0.1, 0.15) is 15.5 Å². The number of nitrogens with two attached hydrogens (primary N) is 1. The molecule has 0 unspecified atom stereocenters. The number of carbonyl (C=O) groups excluding carboxylic acids is 1. The highest BCUT2D eigenvalue weighted by atomic mass is 32.1. The molecule has 0 aliphatic rings. The Morgan fingerprint density at radius 2 is 1.82 bits per heavy atom. The molecule has 2 aromatic heterocycles. The summed E-state index contributed by atoms with van der Waals surface area (Å²) < 4.78 is 5.88. The Morgan fingerprint density at radius 3 is 2.61 bits per heavy atom. The minimum atomic E-state index is -0.358. The smallest absolute Gasteiger partial charge is 0.268 e. The number of benzene rings is 2. The lowest BCUT2D eigenvalue weighted by atomic mass is 10.1. The van der Waals surface area contributed by atoms with Crippen LogP contribution >= 0.6 is 11.3 Å². The van der Waals surface area contributed by atoms with Crippen molar-refractivity contribution in [1.82, 2.24) is 4.98 Å². The third kappa shape index (κ3) is 3.35. The minimum absolute atomic E-state index is 0.222. The minimum Gasteiger partial charge on any atom is -0.455 e. The number of anilines is 2. The first-order valence-corrected chi connectivity index (χ1v) is 9.40. The van der Waals surface area contributed by atoms with Gasteiger partial charge in [0, 0.05) is 11.5 Å². The van der Waals surface area contributed by atoms with Gasteiger partial charge in [0.05, 0.1) is 11.4 Å². The molecule has 0 aliphatic carbocycles. The highest BCUT2D eigenvalue weighted by Crippen LogP contribution is 2.35.